The summed E-state index contributed by atoms with van der Waals surface area (Å²) in [5.74, 6) is -1.05. The first-order valence-corrected chi connectivity index (χ1v) is 5.04. The summed E-state index contributed by atoms with van der Waals surface area (Å²) < 4.78 is 25.0. The maximum absolute atomic E-state index is 12.5. The van der Waals surface area contributed by atoms with E-state index in [0.717, 1.165) is 6.20 Å². The van der Waals surface area contributed by atoms with E-state index in [-0.39, 0.29) is 23.6 Å². The van der Waals surface area contributed by atoms with Crippen molar-refractivity contribution in [2.75, 3.05) is 0 Å². The Balaban J connectivity index is 3.23. The number of nitrogens with zero attached hydrogens (tertiary/aromatic N) is 1. The molecule has 1 rings (SSSR count). The lowest BCUT2D eigenvalue weighted by molar-refractivity contribution is -0.136. The number of carboxylic acids is 1. The van der Waals surface area contributed by atoms with E-state index in [1.165, 1.54) is 6.92 Å². The molecule has 0 amide bonds. The van der Waals surface area contributed by atoms with Crippen molar-refractivity contribution in [3.8, 4) is 0 Å². The summed E-state index contributed by atoms with van der Waals surface area (Å²) in [7, 11) is 0. The maximum atomic E-state index is 12.5. The zero-order valence-electron chi connectivity index (χ0n) is 8.51. The first-order chi connectivity index (χ1) is 7.47. The number of rotatable bonds is 4. The highest BCUT2D eigenvalue weighted by molar-refractivity contribution is 6.17. The molecule has 0 aliphatic carbocycles. The quantitative estimate of drug-likeness (QED) is 0.835. The van der Waals surface area contributed by atoms with Gasteiger partial charge in [-0.25, -0.2) is 8.78 Å². The number of alkyl halides is 3. The largest absolute Gasteiger partial charge is 0.481 e. The number of hydrogen-bond donors (Lipinski definition) is 1. The van der Waals surface area contributed by atoms with Gasteiger partial charge >= 0.3 is 5.97 Å². The van der Waals surface area contributed by atoms with E-state index in [0.29, 0.717) is 11.1 Å². The van der Waals surface area contributed by atoms with Crippen molar-refractivity contribution < 1.29 is 18.7 Å². The number of carbonyl (C=O) groups is 1. The lowest BCUT2D eigenvalue weighted by Crippen LogP contribution is -2.08. The Hall–Kier alpha value is -1.23. The number of carboxylic acid groups (broad SMARTS) is 1. The van der Waals surface area contributed by atoms with Crippen LogP contribution in [0, 0.1) is 6.92 Å². The van der Waals surface area contributed by atoms with Gasteiger partial charge in [-0.15, -0.1) is 11.6 Å². The molecule has 0 atom stereocenters. The van der Waals surface area contributed by atoms with Gasteiger partial charge in [-0.3, -0.25) is 9.78 Å². The highest BCUT2D eigenvalue weighted by Gasteiger charge is 2.18. The van der Waals surface area contributed by atoms with Gasteiger partial charge < -0.3 is 5.11 Å². The molecular formula is C10H10ClF2NO2. The molecule has 1 aromatic heterocycles. The van der Waals surface area contributed by atoms with E-state index in [4.69, 9.17) is 16.7 Å². The van der Waals surface area contributed by atoms with Gasteiger partial charge in [0.05, 0.1) is 6.42 Å². The Labute approximate surface area is 96.1 Å². The maximum Gasteiger partial charge on any atom is 0.307 e. The standard InChI is InChI=1S/C10H10ClF2NO2/c1-5-7(3-11)6(2-8(15)16)4-14-9(5)10(12)13/h4,10H,2-3H2,1H3,(H,15,16). The molecule has 1 aromatic rings. The molecule has 0 aliphatic heterocycles. The zero-order chi connectivity index (χ0) is 12.3. The summed E-state index contributed by atoms with van der Waals surface area (Å²) in [6, 6.07) is 0. The molecule has 6 heteroatoms. The average Bonchev–Trinajstić information content (AvgIpc) is 2.16. The van der Waals surface area contributed by atoms with E-state index in [9.17, 15) is 13.6 Å². The van der Waals surface area contributed by atoms with E-state index >= 15 is 0 Å². The second kappa shape index (κ2) is 5.21. The van der Waals surface area contributed by atoms with Crippen LogP contribution in [-0.2, 0) is 17.1 Å². The molecule has 3 nitrogen and oxygen atoms in total. The molecule has 0 aromatic carbocycles. The summed E-state index contributed by atoms with van der Waals surface area (Å²) in [5.41, 5.74) is 0.729. The van der Waals surface area contributed by atoms with Gasteiger partial charge in [0.2, 0.25) is 0 Å². The Morgan fingerprint density at radius 2 is 2.25 bits per heavy atom. The molecule has 88 valence electrons. The van der Waals surface area contributed by atoms with Crippen LogP contribution in [0.5, 0.6) is 0 Å². The topological polar surface area (TPSA) is 50.2 Å². The van der Waals surface area contributed by atoms with Crippen molar-refractivity contribution in [2.24, 2.45) is 0 Å². The predicted molar refractivity (Wildman–Crippen MR) is 54.8 cm³/mol. The average molecular weight is 250 g/mol. The lowest BCUT2D eigenvalue weighted by atomic mass is 10.0. The van der Waals surface area contributed by atoms with Crippen LogP contribution < -0.4 is 0 Å². The highest BCUT2D eigenvalue weighted by atomic mass is 35.5. The first kappa shape index (κ1) is 12.8. The smallest absolute Gasteiger partial charge is 0.307 e. The predicted octanol–water partition coefficient (Wildman–Crippen LogP) is 2.69. The summed E-state index contributed by atoms with van der Waals surface area (Å²) in [5, 5.41) is 8.64. The van der Waals surface area contributed by atoms with Gasteiger partial charge in [0, 0.05) is 12.1 Å². The highest BCUT2D eigenvalue weighted by Crippen LogP contribution is 2.26. The van der Waals surface area contributed by atoms with Gasteiger partial charge in [0.1, 0.15) is 5.69 Å². The number of pyridine rings is 1. The molecule has 0 saturated heterocycles. The number of aliphatic carboxylic acids is 1. The van der Waals surface area contributed by atoms with Crippen molar-refractivity contribution >= 4 is 17.6 Å². The van der Waals surface area contributed by atoms with Crippen molar-refractivity contribution in [1.82, 2.24) is 4.98 Å². The van der Waals surface area contributed by atoms with Crippen LogP contribution in [0.2, 0.25) is 0 Å². The zero-order valence-corrected chi connectivity index (χ0v) is 9.26. The van der Waals surface area contributed by atoms with Crippen LogP contribution in [0.1, 0.15) is 28.8 Å². The van der Waals surface area contributed by atoms with Gasteiger partial charge in [0.15, 0.2) is 0 Å². The molecule has 0 radical (unpaired) electrons. The lowest BCUT2D eigenvalue weighted by Gasteiger charge is -2.12. The minimum atomic E-state index is -2.68. The van der Waals surface area contributed by atoms with E-state index in [1.54, 1.807) is 0 Å². The Morgan fingerprint density at radius 1 is 1.62 bits per heavy atom. The minimum Gasteiger partial charge on any atom is -0.481 e. The Bertz CT molecular complexity index is 410. The summed E-state index contributed by atoms with van der Waals surface area (Å²) in [6.07, 6.45) is -1.79. The third-order valence-corrected chi connectivity index (χ3v) is 2.53. The second-order valence-corrected chi connectivity index (χ2v) is 3.54. The second-order valence-electron chi connectivity index (χ2n) is 3.28. The van der Waals surface area contributed by atoms with Crippen molar-refractivity contribution in [2.45, 2.75) is 25.7 Å². The van der Waals surface area contributed by atoms with Crippen molar-refractivity contribution in [1.29, 1.82) is 0 Å². The molecule has 0 spiro atoms. The fraction of sp³-hybridized carbons (Fsp3) is 0.400. The van der Waals surface area contributed by atoms with Gasteiger partial charge in [-0.2, -0.15) is 0 Å². The number of hydrogen-bond acceptors (Lipinski definition) is 2. The summed E-state index contributed by atoms with van der Waals surface area (Å²) in [6.45, 7) is 1.47. The molecule has 0 fully saturated rings. The molecule has 1 heterocycles. The van der Waals surface area contributed by atoms with Crippen LogP contribution in [0.3, 0.4) is 0 Å². The van der Waals surface area contributed by atoms with Gasteiger partial charge in [-0.1, -0.05) is 0 Å². The van der Waals surface area contributed by atoms with Crippen LogP contribution in [0.25, 0.3) is 0 Å². The first-order valence-electron chi connectivity index (χ1n) is 4.50. The van der Waals surface area contributed by atoms with E-state index in [1.807, 2.05) is 0 Å². The van der Waals surface area contributed by atoms with Crippen LogP contribution in [0.15, 0.2) is 6.20 Å². The summed E-state index contributed by atoms with van der Waals surface area (Å²) in [4.78, 5) is 14.1. The molecular weight excluding hydrogens is 240 g/mol. The van der Waals surface area contributed by atoms with E-state index in [2.05, 4.69) is 4.98 Å². The van der Waals surface area contributed by atoms with Gasteiger partial charge in [0.25, 0.3) is 6.43 Å². The third kappa shape index (κ3) is 2.66. The van der Waals surface area contributed by atoms with Crippen LogP contribution >= 0.6 is 11.6 Å². The van der Waals surface area contributed by atoms with E-state index < -0.39 is 12.4 Å². The SMILES string of the molecule is Cc1c(C(F)F)ncc(CC(=O)O)c1CCl. The molecule has 1 N–H and O–H groups in total. The molecule has 0 bridgehead atoms. The fourth-order valence-electron chi connectivity index (χ4n) is 1.44. The van der Waals surface area contributed by atoms with Crippen molar-refractivity contribution in [3.63, 3.8) is 0 Å². The Kier molecular flexibility index (Phi) is 4.18. The van der Waals surface area contributed by atoms with Gasteiger partial charge in [-0.05, 0) is 23.6 Å². The Morgan fingerprint density at radius 3 is 2.69 bits per heavy atom. The number of halogens is 3. The molecule has 0 unspecified atom stereocenters. The molecule has 0 aliphatic rings. The fourth-order valence-corrected chi connectivity index (χ4v) is 1.81. The minimum absolute atomic E-state index is 0.00329. The summed E-state index contributed by atoms with van der Waals surface area (Å²) >= 11 is 5.63. The normalized spacial score (nSPS) is 10.8. The monoisotopic (exact) mass is 249 g/mol. The van der Waals surface area contributed by atoms with Crippen LogP contribution in [-0.4, -0.2) is 16.1 Å². The molecule has 0 saturated carbocycles. The number of aromatic nitrogens is 1. The van der Waals surface area contributed by atoms with Crippen molar-refractivity contribution in [3.05, 3.63) is 28.6 Å². The molecule has 16 heavy (non-hydrogen) atoms. The van der Waals surface area contributed by atoms with Crippen LogP contribution in [0.4, 0.5) is 8.78 Å². The third-order valence-electron chi connectivity index (χ3n) is 2.27.